The van der Waals surface area contributed by atoms with Crippen LogP contribution in [0.2, 0.25) is 0 Å². The van der Waals surface area contributed by atoms with Crippen molar-refractivity contribution >= 4 is 0 Å². The summed E-state index contributed by atoms with van der Waals surface area (Å²) in [5.74, 6) is -0.431. The van der Waals surface area contributed by atoms with Gasteiger partial charge in [0.2, 0.25) is 0 Å². The van der Waals surface area contributed by atoms with Crippen molar-refractivity contribution in [1.82, 2.24) is 5.32 Å². The third-order valence-corrected chi connectivity index (χ3v) is 3.05. The minimum absolute atomic E-state index is 0.431. The smallest absolute Gasteiger partial charge is 0.109 e. The van der Waals surface area contributed by atoms with Gasteiger partial charge < -0.3 is 5.32 Å². The molecule has 1 aliphatic rings. The maximum atomic E-state index is 9.18. The number of nitrogens with one attached hydrogen (secondary N) is 1. The normalized spacial score (nSPS) is 27.4. The first-order valence-electron chi connectivity index (χ1n) is 5.05. The summed E-state index contributed by atoms with van der Waals surface area (Å²) in [6.07, 6.45) is 1.64. The summed E-state index contributed by atoms with van der Waals surface area (Å²) in [6, 6.07) is 14.0. The molecule has 78 valence electrons. The number of rotatable bonds is 1. The van der Waals surface area contributed by atoms with E-state index in [1.54, 1.807) is 6.20 Å². The standard InChI is InChI=1S/C13H11N3/c1-13(11-5-3-2-4-6-11)12(8-15)10(7-14)9-16-13/h2-6,9,12,16H,1H3. The van der Waals surface area contributed by atoms with E-state index in [0.29, 0.717) is 5.57 Å². The monoisotopic (exact) mass is 209 g/mol. The minimum atomic E-state index is -0.499. The van der Waals surface area contributed by atoms with E-state index in [1.807, 2.05) is 37.3 Å². The lowest BCUT2D eigenvalue weighted by Gasteiger charge is -2.29. The molecular weight excluding hydrogens is 198 g/mol. The average molecular weight is 209 g/mol. The molecule has 1 aromatic rings. The van der Waals surface area contributed by atoms with Crippen molar-refractivity contribution in [3.63, 3.8) is 0 Å². The van der Waals surface area contributed by atoms with Gasteiger partial charge in [-0.3, -0.25) is 0 Å². The number of benzene rings is 1. The van der Waals surface area contributed by atoms with Crippen LogP contribution in [0.4, 0.5) is 0 Å². The van der Waals surface area contributed by atoms with Crippen molar-refractivity contribution in [1.29, 1.82) is 10.5 Å². The molecule has 3 heteroatoms. The number of nitriles is 2. The third kappa shape index (κ3) is 1.34. The summed E-state index contributed by atoms with van der Waals surface area (Å²) >= 11 is 0. The Kier molecular flexibility index (Phi) is 2.38. The topological polar surface area (TPSA) is 59.6 Å². The van der Waals surface area contributed by atoms with Crippen molar-refractivity contribution in [2.45, 2.75) is 12.5 Å². The average Bonchev–Trinajstić information content (AvgIpc) is 2.68. The molecule has 0 aliphatic carbocycles. The fourth-order valence-electron chi connectivity index (χ4n) is 2.04. The lowest BCUT2D eigenvalue weighted by Crippen LogP contribution is -2.38. The highest BCUT2D eigenvalue weighted by Gasteiger charge is 2.42. The molecule has 0 aromatic heterocycles. The maximum Gasteiger partial charge on any atom is 0.109 e. The molecule has 0 fully saturated rings. The SMILES string of the molecule is CC1(c2ccccc2)NC=C(C#N)C1C#N. The first kappa shape index (κ1) is 10.3. The molecule has 16 heavy (non-hydrogen) atoms. The fourth-order valence-corrected chi connectivity index (χ4v) is 2.04. The third-order valence-electron chi connectivity index (χ3n) is 3.05. The molecule has 0 radical (unpaired) electrons. The summed E-state index contributed by atoms with van der Waals surface area (Å²) in [5.41, 5.74) is 1.01. The van der Waals surface area contributed by atoms with Gasteiger partial charge in [0.15, 0.2) is 0 Å². The predicted octanol–water partition coefficient (Wildman–Crippen LogP) is 2.05. The van der Waals surface area contributed by atoms with Gasteiger partial charge in [0.1, 0.15) is 5.92 Å². The second-order valence-electron chi connectivity index (χ2n) is 3.99. The Morgan fingerprint density at radius 3 is 2.50 bits per heavy atom. The van der Waals surface area contributed by atoms with E-state index < -0.39 is 11.5 Å². The fraction of sp³-hybridized carbons (Fsp3) is 0.231. The van der Waals surface area contributed by atoms with Crippen molar-refractivity contribution in [2.75, 3.05) is 0 Å². The second kappa shape index (κ2) is 3.72. The Morgan fingerprint density at radius 2 is 1.94 bits per heavy atom. The largest absolute Gasteiger partial charge is 0.379 e. The lowest BCUT2D eigenvalue weighted by atomic mass is 9.79. The molecule has 1 N–H and O–H groups in total. The van der Waals surface area contributed by atoms with Crippen LogP contribution in [0.15, 0.2) is 42.1 Å². The van der Waals surface area contributed by atoms with Crippen LogP contribution >= 0.6 is 0 Å². The number of hydrogen-bond donors (Lipinski definition) is 1. The van der Waals surface area contributed by atoms with Gasteiger partial charge in [0.25, 0.3) is 0 Å². The van der Waals surface area contributed by atoms with Crippen LogP contribution in [0.5, 0.6) is 0 Å². The van der Waals surface area contributed by atoms with Gasteiger partial charge in [-0.05, 0) is 12.5 Å². The summed E-state index contributed by atoms with van der Waals surface area (Å²) in [7, 11) is 0. The van der Waals surface area contributed by atoms with Gasteiger partial charge in [0, 0.05) is 6.20 Å². The van der Waals surface area contributed by atoms with E-state index in [9.17, 15) is 5.26 Å². The molecule has 2 atom stereocenters. The van der Waals surface area contributed by atoms with Crippen molar-refractivity contribution in [3.8, 4) is 12.1 Å². The minimum Gasteiger partial charge on any atom is -0.379 e. The molecule has 0 saturated carbocycles. The molecule has 2 rings (SSSR count). The zero-order valence-electron chi connectivity index (χ0n) is 8.94. The Morgan fingerprint density at radius 1 is 1.25 bits per heavy atom. The Labute approximate surface area is 94.6 Å². The van der Waals surface area contributed by atoms with E-state index in [1.165, 1.54) is 0 Å². The quantitative estimate of drug-likeness (QED) is 0.770. The van der Waals surface area contributed by atoms with E-state index in [4.69, 9.17) is 5.26 Å². The van der Waals surface area contributed by atoms with E-state index in [2.05, 4.69) is 17.5 Å². The van der Waals surface area contributed by atoms with Crippen molar-refractivity contribution < 1.29 is 0 Å². The highest BCUT2D eigenvalue weighted by atomic mass is 15.0. The van der Waals surface area contributed by atoms with Crippen LogP contribution in [0.25, 0.3) is 0 Å². The van der Waals surface area contributed by atoms with Crippen LogP contribution in [0, 0.1) is 28.6 Å². The summed E-state index contributed by atoms with van der Waals surface area (Å²) in [6.45, 7) is 1.94. The molecule has 2 unspecified atom stereocenters. The molecule has 1 aliphatic heterocycles. The van der Waals surface area contributed by atoms with Crippen LogP contribution in [0.1, 0.15) is 12.5 Å². The molecule has 0 bridgehead atoms. The van der Waals surface area contributed by atoms with Crippen LogP contribution < -0.4 is 5.32 Å². The Bertz CT molecular complexity index is 504. The van der Waals surface area contributed by atoms with Crippen LogP contribution in [0.3, 0.4) is 0 Å². The van der Waals surface area contributed by atoms with E-state index >= 15 is 0 Å². The first-order valence-corrected chi connectivity index (χ1v) is 5.05. The lowest BCUT2D eigenvalue weighted by molar-refractivity contribution is 0.385. The first-order chi connectivity index (χ1) is 7.72. The summed E-state index contributed by atoms with van der Waals surface area (Å²) < 4.78 is 0. The van der Waals surface area contributed by atoms with Gasteiger partial charge in [-0.2, -0.15) is 10.5 Å². The molecule has 1 heterocycles. The van der Waals surface area contributed by atoms with Gasteiger partial charge in [-0.1, -0.05) is 30.3 Å². The zero-order chi connectivity index (χ0) is 11.6. The molecule has 0 spiro atoms. The van der Waals surface area contributed by atoms with Gasteiger partial charge in [-0.15, -0.1) is 0 Å². The summed E-state index contributed by atoms with van der Waals surface area (Å²) in [5, 5.41) is 21.3. The van der Waals surface area contributed by atoms with Gasteiger partial charge in [0.05, 0.1) is 23.3 Å². The van der Waals surface area contributed by atoms with Crippen LogP contribution in [-0.2, 0) is 5.54 Å². The molecule has 3 nitrogen and oxygen atoms in total. The molecule has 1 aromatic carbocycles. The number of hydrogen-bond acceptors (Lipinski definition) is 3. The predicted molar refractivity (Wildman–Crippen MR) is 59.7 cm³/mol. The molecule has 0 amide bonds. The number of nitrogens with zero attached hydrogens (tertiary/aromatic N) is 2. The van der Waals surface area contributed by atoms with Crippen molar-refractivity contribution in [2.24, 2.45) is 5.92 Å². The molecule has 0 saturated heterocycles. The maximum absolute atomic E-state index is 9.18. The van der Waals surface area contributed by atoms with Crippen LogP contribution in [-0.4, -0.2) is 0 Å². The molecular formula is C13H11N3. The summed E-state index contributed by atoms with van der Waals surface area (Å²) in [4.78, 5) is 0. The Hall–Kier alpha value is -2.26. The zero-order valence-corrected chi connectivity index (χ0v) is 8.94. The van der Waals surface area contributed by atoms with E-state index in [-0.39, 0.29) is 0 Å². The van der Waals surface area contributed by atoms with Gasteiger partial charge >= 0.3 is 0 Å². The van der Waals surface area contributed by atoms with Crippen molar-refractivity contribution in [3.05, 3.63) is 47.7 Å². The van der Waals surface area contributed by atoms with Gasteiger partial charge in [-0.25, -0.2) is 0 Å². The van der Waals surface area contributed by atoms with E-state index in [0.717, 1.165) is 5.56 Å². The second-order valence-corrected chi connectivity index (χ2v) is 3.99. The highest BCUT2D eigenvalue weighted by molar-refractivity contribution is 5.42. The highest BCUT2D eigenvalue weighted by Crippen LogP contribution is 2.37. The Balaban J connectivity index is 2.44.